The van der Waals surface area contributed by atoms with Crippen LogP contribution in [-0.4, -0.2) is 48.1 Å². The van der Waals surface area contributed by atoms with Crippen LogP contribution in [0.3, 0.4) is 0 Å². The van der Waals surface area contributed by atoms with Gasteiger partial charge in [0.25, 0.3) is 0 Å². The molecule has 2 amide bonds. The molecule has 0 aromatic carbocycles. The second-order valence-corrected chi connectivity index (χ2v) is 5.38. The highest BCUT2D eigenvalue weighted by molar-refractivity contribution is 5.68. The van der Waals surface area contributed by atoms with Crippen molar-refractivity contribution in [1.82, 2.24) is 16.0 Å². The fourth-order valence-corrected chi connectivity index (χ4v) is 1.81. The van der Waals surface area contributed by atoms with E-state index in [1.807, 2.05) is 0 Å². The number of piperidine rings is 1. The quantitative estimate of drug-likeness (QED) is 0.579. The van der Waals surface area contributed by atoms with Crippen LogP contribution < -0.4 is 16.0 Å². The van der Waals surface area contributed by atoms with Crippen LogP contribution >= 0.6 is 0 Å². The zero-order valence-corrected chi connectivity index (χ0v) is 10.9. The summed E-state index contributed by atoms with van der Waals surface area (Å²) in [6, 6.07) is -0.332. The number of ether oxygens (including phenoxy) is 1. The van der Waals surface area contributed by atoms with E-state index >= 15 is 0 Å². The summed E-state index contributed by atoms with van der Waals surface area (Å²) in [5.41, 5.74) is -0.537. The van der Waals surface area contributed by atoms with Gasteiger partial charge < -0.3 is 25.8 Å². The molecule has 7 nitrogen and oxygen atoms in total. The smallest absolute Gasteiger partial charge is 0.407 e. The van der Waals surface area contributed by atoms with Crippen LogP contribution in [-0.2, 0) is 4.74 Å². The average molecular weight is 259 g/mol. The number of amides is 2. The number of carbonyl (C=O) groups is 2. The Labute approximate surface area is 106 Å². The Morgan fingerprint density at radius 1 is 1.22 bits per heavy atom. The van der Waals surface area contributed by atoms with Crippen molar-refractivity contribution in [2.45, 2.75) is 44.9 Å². The van der Waals surface area contributed by atoms with Gasteiger partial charge in [-0.05, 0) is 27.2 Å². The number of hydrogen-bond donors (Lipinski definition) is 4. The molecule has 1 aliphatic heterocycles. The minimum Gasteiger partial charge on any atom is -0.465 e. The molecule has 0 spiro atoms. The van der Waals surface area contributed by atoms with E-state index < -0.39 is 17.8 Å². The standard InChI is InChI=1S/C11H21N3O4/c1-11(2,3)18-10(17)14-8-4-7(5-12-6-8)13-9(15)16/h7-8,12-13H,4-6H2,1-3H3,(H,14,17)(H,15,16). The van der Waals surface area contributed by atoms with Crippen LogP contribution in [0.2, 0.25) is 0 Å². The van der Waals surface area contributed by atoms with E-state index in [0.717, 1.165) is 0 Å². The molecule has 2 atom stereocenters. The maximum Gasteiger partial charge on any atom is 0.407 e. The Hall–Kier alpha value is -1.50. The Kier molecular flexibility index (Phi) is 4.77. The first-order valence-corrected chi connectivity index (χ1v) is 5.96. The number of alkyl carbamates (subject to hydrolysis) is 1. The van der Waals surface area contributed by atoms with E-state index in [2.05, 4.69) is 16.0 Å². The van der Waals surface area contributed by atoms with Crippen molar-refractivity contribution >= 4 is 12.2 Å². The van der Waals surface area contributed by atoms with Gasteiger partial charge in [0.1, 0.15) is 5.60 Å². The fraction of sp³-hybridized carbons (Fsp3) is 0.818. The van der Waals surface area contributed by atoms with Crippen molar-refractivity contribution in [3.63, 3.8) is 0 Å². The molecule has 2 unspecified atom stereocenters. The third-order valence-electron chi connectivity index (χ3n) is 2.40. The largest absolute Gasteiger partial charge is 0.465 e. The van der Waals surface area contributed by atoms with Crippen molar-refractivity contribution in [3.05, 3.63) is 0 Å². The molecular formula is C11H21N3O4. The molecule has 4 N–H and O–H groups in total. The fourth-order valence-electron chi connectivity index (χ4n) is 1.81. The monoisotopic (exact) mass is 259 g/mol. The number of hydrogen-bond acceptors (Lipinski definition) is 4. The molecule has 0 bridgehead atoms. The molecule has 1 rings (SSSR count). The Morgan fingerprint density at radius 2 is 1.78 bits per heavy atom. The SMILES string of the molecule is CC(C)(C)OC(=O)NC1CNCC(NC(=O)O)C1. The maximum absolute atomic E-state index is 11.6. The Morgan fingerprint density at radius 3 is 2.28 bits per heavy atom. The molecule has 0 radical (unpaired) electrons. The molecule has 1 fully saturated rings. The van der Waals surface area contributed by atoms with E-state index in [1.165, 1.54) is 0 Å². The summed E-state index contributed by atoms with van der Waals surface area (Å²) in [7, 11) is 0. The first-order chi connectivity index (χ1) is 8.26. The van der Waals surface area contributed by atoms with E-state index in [-0.39, 0.29) is 12.1 Å². The molecule has 0 aromatic heterocycles. The van der Waals surface area contributed by atoms with Gasteiger partial charge in [-0.1, -0.05) is 0 Å². The van der Waals surface area contributed by atoms with Gasteiger partial charge >= 0.3 is 12.2 Å². The molecule has 1 aliphatic rings. The summed E-state index contributed by atoms with van der Waals surface area (Å²) in [5.74, 6) is 0. The van der Waals surface area contributed by atoms with Gasteiger partial charge in [-0.15, -0.1) is 0 Å². The van der Waals surface area contributed by atoms with Crippen molar-refractivity contribution in [3.8, 4) is 0 Å². The van der Waals surface area contributed by atoms with Crippen LogP contribution in [0.5, 0.6) is 0 Å². The van der Waals surface area contributed by atoms with Crippen molar-refractivity contribution in [1.29, 1.82) is 0 Å². The van der Waals surface area contributed by atoms with Gasteiger partial charge in [0.15, 0.2) is 0 Å². The molecule has 1 saturated heterocycles. The normalized spacial score (nSPS) is 24.2. The lowest BCUT2D eigenvalue weighted by atomic mass is 10.0. The Bertz CT molecular complexity index is 314. The summed E-state index contributed by atoms with van der Waals surface area (Å²) in [4.78, 5) is 22.1. The van der Waals surface area contributed by atoms with E-state index in [0.29, 0.717) is 19.5 Å². The van der Waals surface area contributed by atoms with Gasteiger partial charge in [-0.2, -0.15) is 0 Å². The van der Waals surface area contributed by atoms with Crippen molar-refractivity contribution in [2.24, 2.45) is 0 Å². The average Bonchev–Trinajstić information content (AvgIpc) is 2.13. The Balaban J connectivity index is 2.38. The highest BCUT2D eigenvalue weighted by Crippen LogP contribution is 2.08. The van der Waals surface area contributed by atoms with Crippen LogP contribution in [0.4, 0.5) is 9.59 Å². The highest BCUT2D eigenvalue weighted by atomic mass is 16.6. The minimum absolute atomic E-state index is 0.134. The highest BCUT2D eigenvalue weighted by Gasteiger charge is 2.25. The lowest BCUT2D eigenvalue weighted by Crippen LogP contribution is -2.55. The molecule has 7 heteroatoms. The topological polar surface area (TPSA) is 99.7 Å². The zero-order chi connectivity index (χ0) is 13.8. The predicted octanol–water partition coefficient (Wildman–Crippen LogP) is 0.509. The lowest BCUT2D eigenvalue weighted by molar-refractivity contribution is 0.0493. The van der Waals surface area contributed by atoms with E-state index in [4.69, 9.17) is 9.84 Å². The summed E-state index contributed by atoms with van der Waals surface area (Å²) < 4.78 is 5.14. The summed E-state index contributed by atoms with van der Waals surface area (Å²) in [5, 5.41) is 16.8. The first-order valence-electron chi connectivity index (χ1n) is 5.96. The van der Waals surface area contributed by atoms with Crippen molar-refractivity contribution < 1.29 is 19.4 Å². The van der Waals surface area contributed by atoms with Gasteiger partial charge in [-0.3, -0.25) is 0 Å². The van der Waals surface area contributed by atoms with Gasteiger partial charge in [-0.25, -0.2) is 9.59 Å². The van der Waals surface area contributed by atoms with Crippen LogP contribution in [0, 0.1) is 0 Å². The van der Waals surface area contributed by atoms with Gasteiger partial charge in [0.2, 0.25) is 0 Å². The molecule has 0 aromatic rings. The predicted molar refractivity (Wildman–Crippen MR) is 65.6 cm³/mol. The molecule has 0 aliphatic carbocycles. The summed E-state index contributed by atoms with van der Waals surface area (Å²) >= 11 is 0. The third kappa shape index (κ3) is 5.72. The number of nitrogens with one attached hydrogen (secondary N) is 3. The van der Waals surface area contributed by atoms with Crippen LogP contribution in [0.1, 0.15) is 27.2 Å². The van der Waals surface area contributed by atoms with E-state index in [9.17, 15) is 9.59 Å². The maximum atomic E-state index is 11.6. The number of rotatable bonds is 2. The molecular weight excluding hydrogens is 238 g/mol. The van der Waals surface area contributed by atoms with Gasteiger partial charge in [0, 0.05) is 25.2 Å². The second-order valence-electron chi connectivity index (χ2n) is 5.38. The molecule has 104 valence electrons. The number of carboxylic acid groups (broad SMARTS) is 1. The summed E-state index contributed by atoms with van der Waals surface area (Å²) in [6.07, 6.45) is -0.983. The van der Waals surface area contributed by atoms with Crippen molar-refractivity contribution in [2.75, 3.05) is 13.1 Å². The molecule has 1 heterocycles. The lowest BCUT2D eigenvalue weighted by Gasteiger charge is -2.31. The summed E-state index contributed by atoms with van der Waals surface area (Å²) in [6.45, 7) is 6.55. The molecule has 0 saturated carbocycles. The second kappa shape index (κ2) is 5.90. The molecule has 18 heavy (non-hydrogen) atoms. The minimum atomic E-state index is -1.06. The first kappa shape index (κ1) is 14.6. The van der Waals surface area contributed by atoms with Crippen LogP contribution in [0.15, 0.2) is 0 Å². The number of carbonyl (C=O) groups excluding carboxylic acids is 1. The van der Waals surface area contributed by atoms with Gasteiger partial charge in [0.05, 0.1) is 0 Å². The van der Waals surface area contributed by atoms with E-state index in [1.54, 1.807) is 20.8 Å². The van der Waals surface area contributed by atoms with Crippen LogP contribution in [0.25, 0.3) is 0 Å². The zero-order valence-electron chi connectivity index (χ0n) is 10.9. The third-order valence-corrected chi connectivity index (χ3v) is 2.40.